The number of thioether (sulfide) groups is 1. The highest BCUT2D eigenvalue weighted by atomic mass is 32.2. The summed E-state index contributed by atoms with van der Waals surface area (Å²) in [5, 5.41) is 2.89. The Morgan fingerprint density at radius 1 is 1.42 bits per heavy atom. The molecule has 26 heavy (non-hydrogen) atoms. The van der Waals surface area contributed by atoms with Gasteiger partial charge in [-0.05, 0) is 43.9 Å². The first-order valence-corrected chi connectivity index (χ1v) is 10.7. The van der Waals surface area contributed by atoms with Crippen molar-refractivity contribution in [1.82, 2.24) is 5.32 Å². The van der Waals surface area contributed by atoms with Gasteiger partial charge in [0.2, 0.25) is 5.91 Å². The summed E-state index contributed by atoms with van der Waals surface area (Å²) >= 11 is 1.75. The van der Waals surface area contributed by atoms with E-state index in [9.17, 15) is 9.59 Å². The van der Waals surface area contributed by atoms with Crippen molar-refractivity contribution in [3.63, 3.8) is 0 Å². The molecule has 2 atom stereocenters. The van der Waals surface area contributed by atoms with Crippen molar-refractivity contribution in [3.05, 3.63) is 35.3 Å². The third-order valence-corrected chi connectivity index (χ3v) is 5.94. The molecule has 0 aromatic heterocycles. The number of unbranched alkanes of at least 4 members (excludes halogenated alkanes) is 2. The van der Waals surface area contributed by atoms with E-state index in [0.29, 0.717) is 19.3 Å². The molecule has 0 aromatic carbocycles. The van der Waals surface area contributed by atoms with Gasteiger partial charge in [0.1, 0.15) is 11.6 Å². The average molecular weight is 378 g/mol. The van der Waals surface area contributed by atoms with Gasteiger partial charge in [-0.1, -0.05) is 50.1 Å². The molecular formula is C21H31NO3S. The van der Waals surface area contributed by atoms with Gasteiger partial charge in [0.05, 0.1) is 0 Å². The predicted molar refractivity (Wildman–Crippen MR) is 108 cm³/mol. The number of ether oxygens (including phenoxy) is 1. The maximum atomic E-state index is 12.4. The van der Waals surface area contributed by atoms with Crippen molar-refractivity contribution in [2.75, 3.05) is 5.75 Å². The molecule has 4 nitrogen and oxygen atoms in total. The van der Waals surface area contributed by atoms with E-state index in [1.807, 2.05) is 0 Å². The van der Waals surface area contributed by atoms with Crippen LogP contribution in [0.1, 0.15) is 65.2 Å². The zero-order valence-corrected chi connectivity index (χ0v) is 16.8. The largest absolute Gasteiger partial charge is 0.460 e. The first-order chi connectivity index (χ1) is 12.5. The van der Waals surface area contributed by atoms with Crippen molar-refractivity contribution in [2.24, 2.45) is 0 Å². The zero-order valence-electron chi connectivity index (χ0n) is 16.0. The van der Waals surface area contributed by atoms with E-state index in [2.05, 4.69) is 42.6 Å². The van der Waals surface area contributed by atoms with Crippen molar-refractivity contribution in [2.45, 2.75) is 76.9 Å². The molecule has 1 aliphatic heterocycles. The van der Waals surface area contributed by atoms with Gasteiger partial charge in [0.25, 0.3) is 0 Å². The molecule has 1 amide bonds. The standard InChI is InChI=1S/C21H31NO3S/c1-3-4-5-6-7-8-13-19(23)22-21(2)15-14-17(25-20(21)24)16-26-18-11-9-10-12-18/h6-7,9-11,17H,3-5,8,12-16H2,1-2H3,(H,22,23)/t17-,21-/m0/s1. The summed E-state index contributed by atoms with van der Waals surface area (Å²) in [4.78, 5) is 25.9. The third kappa shape index (κ3) is 6.67. The van der Waals surface area contributed by atoms with E-state index in [0.717, 1.165) is 25.0 Å². The molecule has 1 aliphatic carbocycles. The van der Waals surface area contributed by atoms with Crippen LogP contribution in [0.15, 0.2) is 35.3 Å². The Hall–Kier alpha value is -1.49. The van der Waals surface area contributed by atoms with Gasteiger partial charge in [-0.2, -0.15) is 0 Å². The van der Waals surface area contributed by atoms with Gasteiger partial charge in [0.15, 0.2) is 0 Å². The van der Waals surface area contributed by atoms with Crippen LogP contribution < -0.4 is 5.32 Å². The Morgan fingerprint density at radius 2 is 2.23 bits per heavy atom. The summed E-state index contributed by atoms with van der Waals surface area (Å²) in [6.45, 7) is 3.94. The lowest BCUT2D eigenvalue weighted by Crippen LogP contribution is -2.56. The molecule has 2 aliphatic rings. The first-order valence-electron chi connectivity index (χ1n) is 9.69. The molecule has 1 heterocycles. The molecule has 0 unspecified atom stereocenters. The lowest BCUT2D eigenvalue weighted by atomic mass is 9.91. The molecule has 1 fully saturated rings. The highest BCUT2D eigenvalue weighted by Crippen LogP contribution is 2.30. The quantitative estimate of drug-likeness (QED) is 0.341. The lowest BCUT2D eigenvalue weighted by Gasteiger charge is -2.36. The number of amides is 1. The number of cyclic esters (lactones) is 1. The number of esters is 1. The lowest BCUT2D eigenvalue weighted by molar-refractivity contribution is -0.163. The summed E-state index contributed by atoms with van der Waals surface area (Å²) in [5.41, 5.74) is -0.891. The van der Waals surface area contributed by atoms with Crippen LogP contribution in [0.2, 0.25) is 0 Å². The van der Waals surface area contributed by atoms with E-state index < -0.39 is 5.54 Å². The molecular weight excluding hydrogens is 346 g/mol. The van der Waals surface area contributed by atoms with Crippen LogP contribution in [0, 0.1) is 0 Å². The van der Waals surface area contributed by atoms with Crippen LogP contribution >= 0.6 is 11.8 Å². The number of rotatable bonds is 10. The summed E-state index contributed by atoms with van der Waals surface area (Å²) in [6.07, 6.45) is 17.3. The molecule has 1 saturated heterocycles. The highest BCUT2D eigenvalue weighted by molar-refractivity contribution is 8.03. The summed E-state index contributed by atoms with van der Waals surface area (Å²) in [7, 11) is 0. The highest BCUT2D eigenvalue weighted by Gasteiger charge is 2.41. The van der Waals surface area contributed by atoms with Crippen molar-refractivity contribution < 1.29 is 14.3 Å². The third-order valence-electron chi connectivity index (χ3n) is 4.73. The van der Waals surface area contributed by atoms with Crippen molar-refractivity contribution in [1.29, 1.82) is 0 Å². The van der Waals surface area contributed by atoms with E-state index in [-0.39, 0.29) is 18.0 Å². The summed E-state index contributed by atoms with van der Waals surface area (Å²) in [6, 6.07) is 0. The first kappa shape index (κ1) is 20.8. The van der Waals surface area contributed by atoms with E-state index in [1.54, 1.807) is 18.7 Å². The minimum atomic E-state index is -0.891. The number of hydrogen-bond donors (Lipinski definition) is 1. The van der Waals surface area contributed by atoms with E-state index in [4.69, 9.17) is 4.74 Å². The molecule has 1 N–H and O–H groups in total. The van der Waals surface area contributed by atoms with Crippen LogP contribution in [-0.2, 0) is 14.3 Å². The van der Waals surface area contributed by atoms with Crippen molar-refractivity contribution >= 4 is 23.6 Å². The maximum Gasteiger partial charge on any atom is 0.331 e. The normalized spacial score (nSPS) is 25.4. The molecule has 144 valence electrons. The van der Waals surface area contributed by atoms with Gasteiger partial charge in [-0.25, -0.2) is 4.79 Å². The zero-order chi connectivity index (χ0) is 18.8. The number of carbonyl (C=O) groups excluding carboxylic acids is 2. The summed E-state index contributed by atoms with van der Waals surface area (Å²) < 4.78 is 5.60. The number of hydrogen-bond acceptors (Lipinski definition) is 4. The van der Waals surface area contributed by atoms with Crippen LogP contribution in [-0.4, -0.2) is 29.3 Å². The molecule has 0 radical (unpaired) electrons. The number of nitrogens with one attached hydrogen (secondary N) is 1. The Bertz CT molecular complexity index is 582. The average Bonchev–Trinajstić information content (AvgIpc) is 3.13. The predicted octanol–water partition coefficient (Wildman–Crippen LogP) is 4.67. The van der Waals surface area contributed by atoms with Crippen LogP contribution in [0.25, 0.3) is 0 Å². The molecule has 0 aromatic rings. The van der Waals surface area contributed by atoms with Gasteiger partial charge in [-0.15, -0.1) is 11.8 Å². The monoisotopic (exact) mass is 377 g/mol. The van der Waals surface area contributed by atoms with Gasteiger partial charge < -0.3 is 10.1 Å². The fourth-order valence-electron chi connectivity index (χ4n) is 3.00. The summed E-state index contributed by atoms with van der Waals surface area (Å²) in [5.74, 6) is 0.394. The van der Waals surface area contributed by atoms with E-state index in [1.165, 1.54) is 17.7 Å². The Morgan fingerprint density at radius 3 is 2.92 bits per heavy atom. The maximum absolute atomic E-state index is 12.4. The molecule has 0 bridgehead atoms. The fourth-order valence-corrected chi connectivity index (χ4v) is 4.02. The molecule has 0 saturated carbocycles. The van der Waals surface area contributed by atoms with Crippen molar-refractivity contribution in [3.8, 4) is 0 Å². The molecule has 2 rings (SSSR count). The number of allylic oxidation sites excluding steroid dienone is 6. The fraction of sp³-hybridized carbons (Fsp3) is 0.619. The second-order valence-electron chi connectivity index (χ2n) is 7.17. The Labute approximate surface area is 161 Å². The second-order valence-corrected chi connectivity index (χ2v) is 8.32. The van der Waals surface area contributed by atoms with Crippen LogP contribution in [0.5, 0.6) is 0 Å². The van der Waals surface area contributed by atoms with Crippen LogP contribution in [0.4, 0.5) is 0 Å². The van der Waals surface area contributed by atoms with Crippen LogP contribution in [0.3, 0.4) is 0 Å². The smallest absolute Gasteiger partial charge is 0.331 e. The van der Waals surface area contributed by atoms with Gasteiger partial charge >= 0.3 is 5.97 Å². The minimum Gasteiger partial charge on any atom is -0.460 e. The molecule has 0 spiro atoms. The molecule has 5 heteroatoms. The Balaban J connectivity index is 1.69. The Kier molecular flexibility index (Phi) is 8.49. The van der Waals surface area contributed by atoms with E-state index >= 15 is 0 Å². The second kappa shape index (κ2) is 10.6. The SMILES string of the molecule is CCCCC=CCCC(=O)N[C@@]1(C)CC[C@@H](CSC2=CC=CC2)OC1=O. The van der Waals surface area contributed by atoms with Gasteiger partial charge in [-0.3, -0.25) is 4.79 Å². The number of carbonyl (C=O) groups is 2. The van der Waals surface area contributed by atoms with Gasteiger partial charge in [0, 0.05) is 12.2 Å². The minimum absolute atomic E-state index is 0.0690. The topological polar surface area (TPSA) is 55.4 Å².